The number of ether oxygens (including phenoxy) is 2. The first-order valence-corrected chi connectivity index (χ1v) is 8.33. The van der Waals surface area contributed by atoms with Gasteiger partial charge in [-0.05, 0) is 38.1 Å². The first kappa shape index (κ1) is 16.1. The van der Waals surface area contributed by atoms with Crippen LogP contribution in [0.4, 0.5) is 0 Å². The molecule has 118 valence electrons. The Bertz CT molecular complexity index is 589. The van der Waals surface area contributed by atoms with E-state index in [4.69, 9.17) is 9.47 Å². The molecule has 1 aromatic rings. The standard InChI is InChI=1S/C14H22N2O4S/c1-15-9-11-6-7-16(10-11)21(17,18)12-4-5-13(19-2)14(8-12)20-3/h4-5,8,11,15H,6-7,9-10H2,1-3H3/t11-/m0/s1. The Labute approximate surface area is 126 Å². The number of benzene rings is 1. The lowest BCUT2D eigenvalue weighted by atomic mass is 10.1. The monoisotopic (exact) mass is 314 g/mol. The summed E-state index contributed by atoms with van der Waals surface area (Å²) in [7, 11) is 1.42. The first-order chi connectivity index (χ1) is 10.0. The largest absolute Gasteiger partial charge is 0.493 e. The summed E-state index contributed by atoms with van der Waals surface area (Å²) < 4.78 is 37.2. The summed E-state index contributed by atoms with van der Waals surface area (Å²) in [5.41, 5.74) is 0. The molecule has 0 radical (unpaired) electrons. The van der Waals surface area contributed by atoms with E-state index in [1.807, 2.05) is 7.05 Å². The Morgan fingerprint density at radius 1 is 1.29 bits per heavy atom. The van der Waals surface area contributed by atoms with Crippen LogP contribution in [-0.2, 0) is 10.0 Å². The molecule has 0 amide bonds. The summed E-state index contributed by atoms with van der Waals surface area (Å²) in [4.78, 5) is 0.241. The van der Waals surface area contributed by atoms with E-state index in [1.54, 1.807) is 12.1 Å². The zero-order chi connectivity index (χ0) is 15.5. The molecule has 2 rings (SSSR count). The maximum Gasteiger partial charge on any atom is 0.243 e. The van der Waals surface area contributed by atoms with Gasteiger partial charge in [0.05, 0.1) is 19.1 Å². The van der Waals surface area contributed by atoms with E-state index in [9.17, 15) is 8.42 Å². The molecule has 1 aromatic carbocycles. The third kappa shape index (κ3) is 3.30. The molecule has 0 saturated carbocycles. The van der Waals surface area contributed by atoms with Gasteiger partial charge in [-0.3, -0.25) is 0 Å². The summed E-state index contributed by atoms with van der Waals surface area (Å²) >= 11 is 0. The van der Waals surface area contributed by atoms with Crippen molar-refractivity contribution >= 4 is 10.0 Å². The van der Waals surface area contributed by atoms with Crippen LogP contribution in [0.3, 0.4) is 0 Å². The fourth-order valence-electron chi connectivity index (χ4n) is 2.60. The molecule has 0 aromatic heterocycles. The van der Waals surface area contributed by atoms with Crippen molar-refractivity contribution in [1.82, 2.24) is 9.62 Å². The molecule has 0 unspecified atom stereocenters. The number of nitrogens with zero attached hydrogens (tertiary/aromatic N) is 1. The Morgan fingerprint density at radius 3 is 2.62 bits per heavy atom. The molecular formula is C14H22N2O4S. The molecule has 1 aliphatic rings. The SMILES string of the molecule is CNC[C@@H]1CCN(S(=O)(=O)c2ccc(OC)c(OC)c2)C1. The van der Waals surface area contributed by atoms with Gasteiger partial charge in [0.1, 0.15) is 0 Å². The van der Waals surface area contributed by atoms with Crippen LogP contribution in [0.25, 0.3) is 0 Å². The fraction of sp³-hybridized carbons (Fsp3) is 0.571. The number of nitrogens with one attached hydrogen (secondary N) is 1. The smallest absolute Gasteiger partial charge is 0.243 e. The van der Waals surface area contributed by atoms with Crippen molar-refractivity contribution in [3.63, 3.8) is 0 Å². The molecule has 1 fully saturated rings. The lowest BCUT2D eigenvalue weighted by Gasteiger charge is -2.17. The Hall–Kier alpha value is -1.31. The van der Waals surface area contributed by atoms with Gasteiger partial charge < -0.3 is 14.8 Å². The molecule has 0 aliphatic carbocycles. The zero-order valence-electron chi connectivity index (χ0n) is 12.6. The van der Waals surface area contributed by atoms with Gasteiger partial charge in [-0.25, -0.2) is 8.42 Å². The average Bonchev–Trinajstić information content (AvgIpc) is 2.96. The number of hydrogen-bond donors (Lipinski definition) is 1. The van der Waals surface area contributed by atoms with Crippen LogP contribution in [0.2, 0.25) is 0 Å². The van der Waals surface area contributed by atoms with Crippen molar-refractivity contribution in [3.8, 4) is 11.5 Å². The lowest BCUT2D eigenvalue weighted by Crippen LogP contribution is -2.30. The minimum Gasteiger partial charge on any atom is -0.493 e. The van der Waals surface area contributed by atoms with Crippen molar-refractivity contribution < 1.29 is 17.9 Å². The zero-order valence-corrected chi connectivity index (χ0v) is 13.4. The second-order valence-corrected chi connectivity index (χ2v) is 7.03. The van der Waals surface area contributed by atoms with Crippen LogP contribution >= 0.6 is 0 Å². The highest BCUT2D eigenvalue weighted by Gasteiger charge is 2.32. The van der Waals surface area contributed by atoms with Gasteiger partial charge in [-0.2, -0.15) is 4.31 Å². The molecule has 6 nitrogen and oxygen atoms in total. The number of rotatable bonds is 6. The van der Waals surface area contributed by atoms with E-state index in [0.717, 1.165) is 13.0 Å². The van der Waals surface area contributed by atoms with Crippen molar-refractivity contribution in [2.45, 2.75) is 11.3 Å². The van der Waals surface area contributed by atoms with Gasteiger partial charge in [0, 0.05) is 19.2 Å². The topological polar surface area (TPSA) is 67.9 Å². The maximum absolute atomic E-state index is 12.7. The molecular weight excluding hydrogens is 292 g/mol. The Balaban J connectivity index is 2.24. The molecule has 0 bridgehead atoms. The summed E-state index contributed by atoms with van der Waals surface area (Å²) in [5, 5.41) is 3.10. The highest BCUT2D eigenvalue weighted by Crippen LogP contribution is 2.32. The van der Waals surface area contributed by atoms with Crippen LogP contribution < -0.4 is 14.8 Å². The molecule has 0 spiro atoms. The summed E-state index contributed by atoms with van der Waals surface area (Å²) in [5.74, 6) is 1.31. The summed E-state index contributed by atoms with van der Waals surface area (Å²) in [6.07, 6.45) is 0.882. The Morgan fingerprint density at radius 2 is 2.00 bits per heavy atom. The van der Waals surface area contributed by atoms with Crippen molar-refractivity contribution in [3.05, 3.63) is 18.2 Å². The van der Waals surface area contributed by atoms with Gasteiger partial charge in [-0.1, -0.05) is 0 Å². The number of methoxy groups -OCH3 is 2. The normalized spacial score (nSPS) is 19.7. The van der Waals surface area contributed by atoms with E-state index in [2.05, 4.69) is 5.32 Å². The number of sulfonamides is 1. The van der Waals surface area contributed by atoms with E-state index >= 15 is 0 Å². The van der Waals surface area contributed by atoms with Crippen LogP contribution in [0.15, 0.2) is 23.1 Å². The van der Waals surface area contributed by atoms with E-state index in [0.29, 0.717) is 30.5 Å². The molecule has 1 N–H and O–H groups in total. The van der Waals surface area contributed by atoms with Crippen LogP contribution in [0, 0.1) is 5.92 Å². The van der Waals surface area contributed by atoms with Crippen LogP contribution in [0.5, 0.6) is 11.5 Å². The summed E-state index contributed by atoms with van der Waals surface area (Å²) in [6.45, 7) is 1.94. The van der Waals surface area contributed by atoms with E-state index in [-0.39, 0.29) is 4.90 Å². The van der Waals surface area contributed by atoms with Crippen LogP contribution in [0.1, 0.15) is 6.42 Å². The van der Waals surface area contributed by atoms with E-state index < -0.39 is 10.0 Å². The third-order valence-electron chi connectivity index (χ3n) is 3.73. The molecule has 1 heterocycles. The highest BCUT2D eigenvalue weighted by molar-refractivity contribution is 7.89. The average molecular weight is 314 g/mol. The van der Waals surface area contributed by atoms with Gasteiger partial charge in [0.25, 0.3) is 0 Å². The molecule has 7 heteroatoms. The van der Waals surface area contributed by atoms with Gasteiger partial charge >= 0.3 is 0 Å². The van der Waals surface area contributed by atoms with Gasteiger partial charge in [0.15, 0.2) is 11.5 Å². The van der Waals surface area contributed by atoms with E-state index in [1.165, 1.54) is 24.6 Å². The third-order valence-corrected chi connectivity index (χ3v) is 5.60. The predicted octanol–water partition coefficient (Wildman–Crippen LogP) is 0.934. The summed E-state index contributed by atoms with van der Waals surface area (Å²) in [6, 6.07) is 4.69. The minimum absolute atomic E-state index is 0.241. The lowest BCUT2D eigenvalue weighted by molar-refractivity contribution is 0.353. The minimum atomic E-state index is -3.48. The Kier molecular flexibility index (Phi) is 5.08. The van der Waals surface area contributed by atoms with Gasteiger partial charge in [0.2, 0.25) is 10.0 Å². The molecule has 1 saturated heterocycles. The fourth-order valence-corrected chi connectivity index (χ4v) is 4.14. The van der Waals surface area contributed by atoms with Crippen molar-refractivity contribution in [2.24, 2.45) is 5.92 Å². The number of hydrogen-bond acceptors (Lipinski definition) is 5. The molecule has 1 aliphatic heterocycles. The van der Waals surface area contributed by atoms with Crippen LogP contribution in [-0.4, -0.2) is 53.6 Å². The second kappa shape index (κ2) is 6.64. The predicted molar refractivity (Wildman–Crippen MR) is 80.3 cm³/mol. The quantitative estimate of drug-likeness (QED) is 0.846. The second-order valence-electron chi connectivity index (χ2n) is 5.09. The molecule has 21 heavy (non-hydrogen) atoms. The highest BCUT2D eigenvalue weighted by atomic mass is 32.2. The molecule has 1 atom stereocenters. The maximum atomic E-state index is 12.7. The first-order valence-electron chi connectivity index (χ1n) is 6.89. The van der Waals surface area contributed by atoms with Crippen molar-refractivity contribution in [1.29, 1.82) is 0 Å². The van der Waals surface area contributed by atoms with Crippen molar-refractivity contribution in [2.75, 3.05) is 40.9 Å². The van der Waals surface area contributed by atoms with Gasteiger partial charge in [-0.15, -0.1) is 0 Å².